The van der Waals surface area contributed by atoms with Gasteiger partial charge in [-0.3, -0.25) is 14.5 Å². The third-order valence-electron chi connectivity index (χ3n) is 7.08. The number of aromatic nitrogens is 1. The second-order valence-corrected chi connectivity index (χ2v) is 9.71. The van der Waals surface area contributed by atoms with Gasteiger partial charge in [0.25, 0.3) is 5.91 Å². The van der Waals surface area contributed by atoms with Crippen molar-refractivity contribution in [2.45, 2.75) is 19.8 Å². The molecule has 1 aromatic heterocycles. The number of H-pyrrole nitrogens is 1. The first-order chi connectivity index (χ1) is 15.4. The molecule has 1 aromatic carbocycles. The van der Waals surface area contributed by atoms with Crippen LogP contribution < -0.4 is 5.32 Å². The van der Waals surface area contributed by atoms with Crippen molar-refractivity contribution in [3.63, 3.8) is 0 Å². The summed E-state index contributed by atoms with van der Waals surface area (Å²) in [5.74, 6) is 0.426. The van der Waals surface area contributed by atoms with E-state index in [0.717, 1.165) is 56.5 Å². The number of rotatable bonds is 6. The maximum atomic E-state index is 13.0. The minimum atomic E-state index is -0.0324. The lowest BCUT2D eigenvalue weighted by atomic mass is 9.84. The summed E-state index contributed by atoms with van der Waals surface area (Å²) in [6, 6.07) is 7.44. The van der Waals surface area contributed by atoms with E-state index in [1.807, 2.05) is 36.1 Å². The first-order valence-electron chi connectivity index (χ1n) is 11.7. The molecule has 2 aliphatic rings. The van der Waals surface area contributed by atoms with Crippen molar-refractivity contribution in [2.75, 3.05) is 59.4 Å². The van der Waals surface area contributed by atoms with Crippen LogP contribution in [0, 0.1) is 11.8 Å². The normalized spacial score (nSPS) is 19.9. The van der Waals surface area contributed by atoms with E-state index in [0.29, 0.717) is 36.3 Å². The molecule has 2 saturated heterocycles. The van der Waals surface area contributed by atoms with Gasteiger partial charge in [0.2, 0.25) is 5.91 Å². The second kappa shape index (κ2) is 10.2. The Labute approximate surface area is 195 Å². The Kier molecular flexibility index (Phi) is 7.38. The molecule has 174 valence electrons. The highest BCUT2D eigenvalue weighted by Crippen LogP contribution is 2.27. The van der Waals surface area contributed by atoms with Crippen LogP contribution in [-0.2, 0) is 4.79 Å². The van der Waals surface area contributed by atoms with Crippen molar-refractivity contribution < 1.29 is 9.59 Å². The lowest BCUT2D eigenvalue weighted by Gasteiger charge is -2.34. The van der Waals surface area contributed by atoms with E-state index in [9.17, 15) is 9.59 Å². The number of hydrogen-bond acceptors (Lipinski definition) is 4. The molecule has 8 heteroatoms. The molecule has 3 heterocycles. The molecule has 2 aromatic rings. The largest absolute Gasteiger partial charge is 0.355 e. The highest BCUT2D eigenvalue weighted by Gasteiger charge is 2.30. The van der Waals surface area contributed by atoms with Gasteiger partial charge in [-0.2, -0.15) is 0 Å². The van der Waals surface area contributed by atoms with Crippen LogP contribution >= 0.6 is 11.6 Å². The van der Waals surface area contributed by atoms with E-state index >= 15 is 0 Å². The summed E-state index contributed by atoms with van der Waals surface area (Å²) in [4.78, 5) is 35.5. The van der Waals surface area contributed by atoms with Gasteiger partial charge < -0.3 is 20.1 Å². The SMILES string of the molecule is C[C@@H](C(=O)NCCN1CCN(C)CC1)C1CCN(C(=O)c2cc3cc(Cl)ccc3[nH]2)CC1. The molecule has 0 saturated carbocycles. The summed E-state index contributed by atoms with van der Waals surface area (Å²) in [6.07, 6.45) is 1.70. The Morgan fingerprint density at radius 3 is 2.56 bits per heavy atom. The monoisotopic (exact) mass is 459 g/mol. The Morgan fingerprint density at radius 2 is 1.84 bits per heavy atom. The zero-order chi connectivity index (χ0) is 22.7. The van der Waals surface area contributed by atoms with Crippen molar-refractivity contribution in [1.82, 2.24) is 25.0 Å². The number of aromatic amines is 1. The Hall–Kier alpha value is -2.09. The van der Waals surface area contributed by atoms with Crippen molar-refractivity contribution in [3.8, 4) is 0 Å². The third kappa shape index (κ3) is 5.45. The Morgan fingerprint density at radius 1 is 1.12 bits per heavy atom. The average molecular weight is 460 g/mol. The highest BCUT2D eigenvalue weighted by atomic mass is 35.5. The summed E-state index contributed by atoms with van der Waals surface area (Å²) in [5.41, 5.74) is 1.50. The number of nitrogens with one attached hydrogen (secondary N) is 2. The lowest BCUT2D eigenvalue weighted by Crippen LogP contribution is -2.48. The zero-order valence-corrected chi connectivity index (χ0v) is 19.8. The molecule has 0 spiro atoms. The molecule has 0 radical (unpaired) electrons. The van der Waals surface area contributed by atoms with Gasteiger partial charge in [-0.25, -0.2) is 0 Å². The first-order valence-corrected chi connectivity index (χ1v) is 12.0. The fourth-order valence-electron chi connectivity index (χ4n) is 4.78. The average Bonchev–Trinajstić information content (AvgIpc) is 3.22. The Bertz CT molecular complexity index is 945. The van der Waals surface area contributed by atoms with Crippen LogP contribution in [0.5, 0.6) is 0 Å². The summed E-state index contributed by atoms with van der Waals surface area (Å²) in [7, 11) is 2.15. The predicted octanol–water partition coefficient (Wildman–Crippen LogP) is 2.67. The molecule has 7 nitrogen and oxygen atoms in total. The number of fused-ring (bicyclic) bond motifs is 1. The standard InChI is InChI=1S/C24H34ClN5O2/c1-17(23(31)26-7-10-29-13-11-28(2)12-14-29)18-5-8-30(9-6-18)24(32)22-16-19-15-20(25)3-4-21(19)27-22/h3-4,15-18,27H,5-14H2,1-2H3,(H,26,31)/t17-/m1/s1. The van der Waals surface area contributed by atoms with Crippen LogP contribution in [0.4, 0.5) is 0 Å². The molecule has 2 amide bonds. The molecular weight excluding hydrogens is 426 g/mol. The minimum Gasteiger partial charge on any atom is -0.355 e. The molecule has 2 aliphatic heterocycles. The molecule has 4 rings (SSSR count). The van der Waals surface area contributed by atoms with Gasteiger partial charge in [0.1, 0.15) is 5.69 Å². The van der Waals surface area contributed by atoms with E-state index in [1.54, 1.807) is 0 Å². The third-order valence-corrected chi connectivity index (χ3v) is 7.32. The van der Waals surface area contributed by atoms with Gasteiger partial charge in [0.15, 0.2) is 0 Å². The number of amides is 2. The Balaban J connectivity index is 1.22. The topological polar surface area (TPSA) is 71.7 Å². The fraction of sp³-hybridized carbons (Fsp3) is 0.583. The van der Waals surface area contributed by atoms with Gasteiger partial charge in [-0.05, 0) is 50.1 Å². The quantitative estimate of drug-likeness (QED) is 0.696. The van der Waals surface area contributed by atoms with Gasteiger partial charge in [-0.15, -0.1) is 0 Å². The van der Waals surface area contributed by atoms with Crippen LogP contribution in [-0.4, -0.2) is 90.9 Å². The van der Waals surface area contributed by atoms with E-state index < -0.39 is 0 Å². The maximum absolute atomic E-state index is 13.0. The smallest absolute Gasteiger partial charge is 0.270 e. The van der Waals surface area contributed by atoms with Gasteiger partial charge in [-0.1, -0.05) is 18.5 Å². The zero-order valence-electron chi connectivity index (χ0n) is 19.1. The van der Waals surface area contributed by atoms with Crippen molar-refractivity contribution >= 4 is 34.3 Å². The van der Waals surface area contributed by atoms with Crippen LogP contribution in [0.1, 0.15) is 30.3 Å². The number of nitrogens with zero attached hydrogens (tertiary/aromatic N) is 3. The van der Waals surface area contributed by atoms with Crippen LogP contribution in [0.15, 0.2) is 24.3 Å². The number of carbonyl (C=O) groups excluding carboxylic acids is 2. The molecular formula is C24H34ClN5O2. The molecule has 2 fully saturated rings. The number of likely N-dealkylation sites (tertiary alicyclic amines) is 1. The number of likely N-dealkylation sites (N-methyl/N-ethyl adjacent to an activating group) is 1. The molecule has 2 N–H and O–H groups in total. The van der Waals surface area contributed by atoms with Crippen LogP contribution in [0.2, 0.25) is 5.02 Å². The molecule has 0 bridgehead atoms. The maximum Gasteiger partial charge on any atom is 0.270 e. The minimum absolute atomic E-state index is 0.0139. The number of halogens is 1. The number of piperazine rings is 1. The van der Waals surface area contributed by atoms with Crippen LogP contribution in [0.3, 0.4) is 0 Å². The van der Waals surface area contributed by atoms with Gasteiger partial charge in [0.05, 0.1) is 0 Å². The predicted molar refractivity (Wildman–Crippen MR) is 128 cm³/mol. The number of carbonyl (C=O) groups is 2. The molecule has 0 unspecified atom stereocenters. The van der Waals surface area contributed by atoms with Gasteiger partial charge in [0, 0.05) is 74.2 Å². The summed E-state index contributed by atoms with van der Waals surface area (Å²) in [6.45, 7) is 9.31. The first kappa shape index (κ1) is 23.1. The highest BCUT2D eigenvalue weighted by molar-refractivity contribution is 6.31. The van der Waals surface area contributed by atoms with Crippen molar-refractivity contribution in [2.24, 2.45) is 11.8 Å². The van der Waals surface area contributed by atoms with E-state index in [4.69, 9.17) is 11.6 Å². The summed E-state index contributed by atoms with van der Waals surface area (Å²) in [5, 5.41) is 4.73. The number of benzene rings is 1. The second-order valence-electron chi connectivity index (χ2n) is 9.27. The van der Waals surface area contributed by atoms with E-state index in [2.05, 4.69) is 27.1 Å². The molecule has 0 aliphatic carbocycles. The van der Waals surface area contributed by atoms with Crippen molar-refractivity contribution in [1.29, 1.82) is 0 Å². The van der Waals surface area contributed by atoms with E-state index in [1.165, 1.54) is 0 Å². The number of piperidine rings is 1. The molecule has 1 atom stereocenters. The lowest BCUT2D eigenvalue weighted by molar-refractivity contribution is -0.126. The summed E-state index contributed by atoms with van der Waals surface area (Å²) < 4.78 is 0. The van der Waals surface area contributed by atoms with E-state index in [-0.39, 0.29) is 17.7 Å². The van der Waals surface area contributed by atoms with Gasteiger partial charge >= 0.3 is 0 Å². The number of hydrogen-bond donors (Lipinski definition) is 2. The van der Waals surface area contributed by atoms with Crippen LogP contribution in [0.25, 0.3) is 10.9 Å². The molecule has 32 heavy (non-hydrogen) atoms. The summed E-state index contributed by atoms with van der Waals surface area (Å²) >= 11 is 6.06. The van der Waals surface area contributed by atoms with Crippen molar-refractivity contribution in [3.05, 3.63) is 35.0 Å². The fourth-order valence-corrected chi connectivity index (χ4v) is 4.96.